The Labute approximate surface area is 230 Å². The van der Waals surface area contributed by atoms with Gasteiger partial charge in [0.25, 0.3) is 0 Å². The van der Waals surface area contributed by atoms with Gasteiger partial charge >= 0.3 is 12.2 Å². The van der Waals surface area contributed by atoms with E-state index in [2.05, 4.69) is 20.9 Å². The van der Waals surface area contributed by atoms with Gasteiger partial charge in [-0.05, 0) is 66.2 Å². The number of halogens is 6. The molecule has 40 heavy (non-hydrogen) atoms. The number of hydrogen-bond acceptors (Lipinski definition) is 3. The molecule has 0 spiro atoms. The predicted octanol–water partition coefficient (Wildman–Crippen LogP) is 7.13. The van der Waals surface area contributed by atoms with Gasteiger partial charge in [0.1, 0.15) is 17.2 Å². The van der Waals surface area contributed by atoms with Crippen LogP contribution in [0, 0.1) is 11.6 Å². The molecule has 6 nitrogen and oxygen atoms in total. The Kier molecular flexibility index (Phi) is 8.34. The molecule has 1 unspecified atom stereocenters. The van der Waals surface area contributed by atoms with Crippen molar-refractivity contribution in [3.63, 3.8) is 0 Å². The molecule has 206 valence electrons. The number of benzene rings is 3. The molecule has 0 aliphatic carbocycles. The summed E-state index contributed by atoms with van der Waals surface area (Å²) >= 11 is 5.97. The minimum Gasteiger partial charge on any atom is -0.326 e. The van der Waals surface area contributed by atoms with Gasteiger partial charge in [0.2, 0.25) is 5.91 Å². The fourth-order valence-electron chi connectivity index (χ4n) is 4.04. The van der Waals surface area contributed by atoms with Crippen molar-refractivity contribution in [1.82, 2.24) is 10.3 Å². The molecule has 0 aliphatic rings. The number of amides is 3. The zero-order valence-electron chi connectivity index (χ0n) is 20.4. The van der Waals surface area contributed by atoms with Crippen molar-refractivity contribution < 1.29 is 31.5 Å². The van der Waals surface area contributed by atoms with E-state index >= 15 is 0 Å². The monoisotopic (exact) mass is 574 g/mol. The van der Waals surface area contributed by atoms with Crippen molar-refractivity contribution in [2.75, 3.05) is 10.6 Å². The van der Waals surface area contributed by atoms with E-state index in [1.807, 2.05) is 0 Å². The molecule has 1 heterocycles. The quantitative estimate of drug-likeness (QED) is 0.205. The number of para-hydroxylation sites is 1. The van der Waals surface area contributed by atoms with Crippen LogP contribution in [-0.2, 0) is 16.5 Å². The maximum absolute atomic E-state index is 14.7. The van der Waals surface area contributed by atoms with Crippen LogP contribution in [-0.4, -0.2) is 16.9 Å². The Bertz CT molecular complexity index is 1520. The van der Waals surface area contributed by atoms with Crippen LogP contribution >= 0.6 is 11.6 Å². The molecule has 0 aliphatic heterocycles. The molecule has 3 amide bonds. The van der Waals surface area contributed by atoms with Gasteiger partial charge in [-0.1, -0.05) is 35.9 Å². The zero-order chi connectivity index (χ0) is 28.9. The summed E-state index contributed by atoms with van der Waals surface area (Å²) in [6.07, 6.45) is -4.50. The summed E-state index contributed by atoms with van der Waals surface area (Å²) in [7, 11) is 0. The van der Waals surface area contributed by atoms with Crippen molar-refractivity contribution in [3.05, 3.63) is 125 Å². The van der Waals surface area contributed by atoms with Gasteiger partial charge in [-0.3, -0.25) is 9.78 Å². The van der Waals surface area contributed by atoms with E-state index in [9.17, 15) is 31.5 Å². The lowest BCUT2D eigenvalue weighted by Crippen LogP contribution is -2.51. The van der Waals surface area contributed by atoms with Gasteiger partial charge in [-0.15, -0.1) is 0 Å². The summed E-state index contributed by atoms with van der Waals surface area (Å²) in [5.74, 6) is -2.67. The van der Waals surface area contributed by atoms with Gasteiger partial charge in [-0.2, -0.15) is 13.2 Å². The second-order valence-electron chi connectivity index (χ2n) is 8.67. The summed E-state index contributed by atoms with van der Waals surface area (Å²) in [6, 6.07) is 16.3. The lowest BCUT2D eigenvalue weighted by molar-refractivity contribution is -0.137. The van der Waals surface area contributed by atoms with E-state index in [0.29, 0.717) is 17.8 Å². The maximum Gasteiger partial charge on any atom is 0.416 e. The third kappa shape index (κ3) is 6.92. The molecule has 1 atom stereocenters. The third-order valence-corrected chi connectivity index (χ3v) is 6.00. The maximum atomic E-state index is 14.7. The fourth-order valence-corrected chi connectivity index (χ4v) is 4.15. The van der Waals surface area contributed by atoms with Crippen LogP contribution in [0.5, 0.6) is 0 Å². The number of pyridine rings is 1. The average Bonchev–Trinajstić information content (AvgIpc) is 2.88. The van der Waals surface area contributed by atoms with Gasteiger partial charge in [-0.25, -0.2) is 13.6 Å². The summed E-state index contributed by atoms with van der Waals surface area (Å²) < 4.78 is 69.5. The van der Waals surface area contributed by atoms with Crippen LogP contribution < -0.4 is 16.0 Å². The van der Waals surface area contributed by atoms with Crippen LogP contribution in [0.3, 0.4) is 0 Å². The molecular formula is C28H20ClF5N4O2. The number of alkyl halides is 3. The van der Waals surface area contributed by atoms with Crippen LogP contribution in [0.2, 0.25) is 5.02 Å². The first-order valence-electron chi connectivity index (χ1n) is 11.6. The second kappa shape index (κ2) is 11.7. The van der Waals surface area contributed by atoms with E-state index in [0.717, 1.165) is 24.4 Å². The minimum absolute atomic E-state index is 0.0134. The lowest BCUT2D eigenvalue weighted by atomic mass is 9.81. The largest absolute Gasteiger partial charge is 0.416 e. The molecule has 4 rings (SSSR count). The number of carbonyl (C=O) groups is 2. The van der Waals surface area contributed by atoms with Gasteiger partial charge in [0.05, 0.1) is 22.7 Å². The number of anilines is 2. The Morgan fingerprint density at radius 2 is 1.48 bits per heavy atom. The third-order valence-electron chi connectivity index (χ3n) is 5.78. The average molecular weight is 575 g/mol. The molecule has 4 aromatic rings. The Morgan fingerprint density at radius 1 is 0.775 bits per heavy atom. The standard InChI is InChI=1S/C28H20ClF5N4O2/c29-19-9-10-24(35-16-19)27(15-25(39)36-22-6-2-1-3-7-22,17-11-18(28(32,33)34)13-21(31)12-17)38-26(40)37-23-8-4-5-20(30)14-23/h1-14,16H,15H2,(H,36,39)(H2,37,38,40). The molecule has 3 aromatic carbocycles. The SMILES string of the molecule is O=C(CC(NC(=O)Nc1cccc(F)c1)(c1cc(F)cc(C(F)(F)F)c1)c1ccc(Cl)cn1)Nc1ccccc1. The summed E-state index contributed by atoms with van der Waals surface area (Å²) in [4.78, 5) is 30.7. The van der Waals surface area contributed by atoms with E-state index in [-0.39, 0.29) is 16.4 Å². The number of hydrogen-bond donors (Lipinski definition) is 3. The lowest BCUT2D eigenvalue weighted by Gasteiger charge is -2.35. The van der Waals surface area contributed by atoms with E-state index in [1.165, 1.54) is 24.3 Å². The Balaban J connectivity index is 1.86. The first-order chi connectivity index (χ1) is 18.9. The van der Waals surface area contributed by atoms with Crippen LogP contribution in [0.4, 0.5) is 38.1 Å². The highest BCUT2D eigenvalue weighted by Gasteiger charge is 2.42. The van der Waals surface area contributed by atoms with Crippen LogP contribution in [0.15, 0.2) is 91.1 Å². The van der Waals surface area contributed by atoms with Crippen molar-refractivity contribution in [3.8, 4) is 0 Å². The number of carbonyl (C=O) groups excluding carboxylic acids is 2. The summed E-state index contributed by atoms with van der Waals surface area (Å²) in [5.41, 5.74) is -3.66. The number of nitrogens with one attached hydrogen (secondary N) is 3. The molecular weight excluding hydrogens is 555 g/mol. The number of aromatic nitrogens is 1. The minimum atomic E-state index is -4.95. The van der Waals surface area contributed by atoms with E-state index in [1.54, 1.807) is 30.3 Å². The van der Waals surface area contributed by atoms with Gasteiger partial charge < -0.3 is 16.0 Å². The van der Waals surface area contributed by atoms with Crippen LogP contribution in [0.25, 0.3) is 0 Å². The normalized spacial score (nSPS) is 12.8. The molecule has 0 saturated carbocycles. The highest BCUT2D eigenvalue weighted by molar-refractivity contribution is 6.30. The van der Waals surface area contributed by atoms with Gasteiger partial charge in [0.15, 0.2) is 0 Å². The van der Waals surface area contributed by atoms with Crippen molar-refractivity contribution >= 4 is 34.9 Å². The summed E-state index contributed by atoms with van der Waals surface area (Å²) in [5, 5.41) is 7.65. The van der Waals surface area contributed by atoms with Crippen molar-refractivity contribution in [2.45, 2.75) is 18.1 Å². The molecule has 1 aromatic heterocycles. The second-order valence-corrected chi connectivity index (χ2v) is 9.11. The predicted molar refractivity (Wildman–Crippen MR) is 140 cm³/mol. The topological polar surface area (TPSA) is 83.1 Å². The smallest absolute Gasteiger partial charge is 0.326 e. The fraction of sp³-hybridized carbons (Fsp3) is 0.107. The Morgan fingerprint density at radius 3 is 2.12 bits per heavy atom. The highest BCUT2D eigenvalue weighted by atomic mass is 35.5. The Hall–Kier alpha value is -4.51. The van der Waals surface area contributed by atoms with Crippen molar-refractivity contribution in [1.29, 1.82) is 0 Å². The molecule has 0 radical (unpaired) electrons. The molecule has 0 bridgehead atoms. The zero-order valence-corrected chi connectivity index (χ0v) is 21.2. The van der Waals surface area contributed by atoms with E-state index < -0.39 is 52.8 Å². The van der Waals surface area contributed by atoms with E-state index in [4.69, 9.17) is 11.6 Å². The molecule has 3 N–H and O–H groups in total. The number of nitrogens with zero attached hydrogens (tertiary/aromatic N) is 1. The molecule has 0 saturated heterocycles. The number of rotatable bonds is 7. The first kappa shape index (κ1) is 28.5. The molecule has 12 heteroatoms. The highest BCUT2D eigenvalue weighted by Crippen LogP contribution is 2.38. The first-order valence-corrected chi connectivity index (χ1v) is 12.0. The summed E-state index contributed by atoms with van der Waals surface area (Å²) in [6.45, 7) is 0. The van der Waals surface area contributed by atoms with Gasteiger partial charge in [0, 0.05) is 17.6 Å². The van der Waals surface area contributed by atoms with Crippen molar-refractivity contribution in [2.24, 2.45) is 0 Å². The molecule has 0 fully saturated rings. The number of urea groups is 1. The van der Waals surface area contributed by atoms with Crippen LogP contribution in [0.1, 0.15) is 23.2 Å².